The number of rotatable bonds is 4. The Bertz CT molecular complexity index is 844. The average molecular weight is 371 g/mol. The number of hydrogen-bond acceptors (Lipinski definition) is 4. The number of anilines is 1. The molecule has 0 spiro atoms. The number of piperidine rings is 1. The Hall–Kier alpha value is -3.29. The Balaban J connectivity index is 1.53. The van der Waals surface area contributed by atoms with Gasteiger partial charge in [0, 0.05) is 42.4 Å². The van der Waals surface area contributed by atoms with E-state index in [1.54, 1.807) is 4.90 Å². The number of benzene rings is 2. The Morgan fingerprint density at radius 1 is 1.04 bits per heavy atom. The molecule has 2 aromatic rings. The average Bonchev–Trinajstić information content (AvgIpc) is 2.68. The molecule has 1 heterocycles. The van der Waals surface area contributed by atoms with E-state index < -0.39 is 10.7 Å². The minimum atomic E-state index is -0.501. The van der Waals surface area contributed by atoms with Crippen LogP contribution in [-0.4, -0.2) is 34.7 Å². The van der Waals surface area contributed by atoms with Gasteiger partial charge in [0.05, 0.1) is 4.92 Å². The fourth-order valence-electron chi connectivity index (χ4n) is 3.03. The molecule has 0 atom stereocenters. The standard InChI is InChI=1S/C19H18FN3O4/c20-15-3-1-14(2-4-15)19(25)22-11-9-13(10-12-22)18(24)21-16-5-7-17(8-6-16)23(26)27/h1-8,13H,9-12H2,(H,21,24). The van der Waals surface area contributed by atoms with Crippen molar-refractivity contribution in [1.29, 1.82) is 0 Å². The summed E-state index contributed by atoms with van der Waals surface area (Å²) in [6.07, 6.45) is 1.04. The van der Waals surface area contributed by atoms with Crippen LogP contribution in [0.2, 0.25) is 0 Å². The molecular weight excluding hydrogens is 353 g/mol. The summed E-state index contributed by atoms with van der Waals surface area (Å²) in [6.45, 7) is 0.878. The van der Waals surface area contributed by atoms with Crippen molar-refractivity contribution in [3.05, 3.63) is 70.0 Å². The van der Waals surface area contributed by atoms with Crippen molar-refractivity contribution < 1.29 is 18.9 Å². The summed E-state index contributed by atoms with van der Waals surface area (Å²) < 4.78 is 13.0. The molecule has 1 fully saturated rings. The van der Waals surface area contributed by atoms with Crippen LogP contribution in [0, 0.1) is 21.8 Å². The summed E-state index contributed by atoms with van der Waals surface area (Å²) in [5.74, 6) is -0.979. The number of nitro groups is 1. The highest BCUT2D eigenvalue weighted by Crippen LogP contribution is 2.22. The second-order valence-corrected chi connectivity index (χ2v) is 6.37. The van der Waals surface area contributed by atoms with Crippen molar-refractivity contribution in [3.63, 3.8) is 0 Å². The maximum atomic E-state index is 13.0. The van der Waals surface area contributed by atoms with E-state index >= 15 is 0 Å². The molecule has 0 saturated carbocycles. The van der Waals surface area contributed by atoms with Gasteiger partial charge in [-0.1, -0.05) is 0 Å². The first kappa shape index (κ1) is 18.5. The first-order valence-electron chi connectivity index (χ1n) is 8.54. The zero-order valence-corrected chi connectivity index (χ0v) is 14.4. The van der Waals surface area contributed by atoms with Gasteiger partial charge < -0.3 is 10.2 Å². The fourth-order valence-corrected chi connectivity index (χ4v) is 3.03. The Kier molecular flexibility index (Phi) is 5.44. The summed E-state index contributed by atoms with van der Waals surface area (Å²) in [7, 11) is 0. The summed E-state index contributed by atoms with van der Waals surface area (Å²) in [4.78, 5) is 36.6. The molecule has 0 bridgehead atoms. The third-order valence-corrected chi connectivity index (χ3v) is 4.59. The van der Waals surface area contributed by atoms with Crippen LogP contribution in [0.5, 0.6) is 0 Å². The molecule has 1 N–H and O–H groups in total. The van der Waals surface area contributed by atoms with Crippen molar-refractivity contribution in [2.24, 2.45) is 5.92 Å². The van der Waals surface area contributed by atoms with E-state index in [4.69, 9.17) is 0 Å². The third-order valence-electron chi connectivity index (χ3n) is 4.59. The number of amides is 2. The monoisotopic (exact) mass is 371 g/mol. The molecule has 27 heavy (non-hydrogen) atoms. The molecule has 0 unspecified atom stereocenters. The van der Waals surface area contributed by atoms with Crippen molar-refractivity contribution in [1.82, 2.24) is 4.90 Å². The Labute approximate surface area is 154 Å². The lowest BCUT2D eigenvalue weighted by atomic mass is 9.95. The SMILES string of the molecule is O=C(Nc1ccc([N+](=O)[O-])cc1)C1CCN(C(=O)c2ccc(F)cc2)CC1. The molecule has 7 nitrogen and oxygen atoms in total. The van der Waals surface area contributed by atoms with Crippen LogP contribution < -0.4 is 5.32 Å². The molecule has 1 aliphatic heterocycles. The maximum absolute atomic E-state index is 13.0. The number of nitro benzene ring substituents is 1. The minimum absolute atomic E-state index is 0.0411. The molecule has 2 aromatic carbocycles. The minimum Gasteiger partial charge on any atom is -0.339 e. The molecule has 0 aliphatic carbocycles. The number of nitrogens with zero attached hydrogens (tertiary/aromatic N) is 2. The van der Waals surface area contributed by atoms with Crippen LogP contribution in [0.15, 0.2) is 48.5 Å². The van der Waals surface area contributed by atoms with E-state index in [0.29, 0.717) is 37.2 Å². The number of likely N-dealkylation sites (tertiary alicyclic amines) is 1. The maximum Gasteiger partial charge on any atom is 0.269 e. The number of carbonyl (C=O) groups excluding carboxylic acids is 2. The highest BCUT2D eigenvalue weighted by Gasteiger charge is 2.28. The van der Waals surface area contributed by atoms with Gasteiger partial charge in [-0.3, -0.25) is 19.7 Å². The van der Waals surface area contributed by atoms with Crippen LogP contribution in [0.4, 0.5) is 15.8 Å². The van der Waals surface area contributed by atoms with Crippen LogP contribution in [0.1, 0.15) is 23.2 Å². The quantitative estimate of drug-likeness (QED) is 0.660. The topological polar surface area (TPSA) is 92.5 Å². The van der Waals surface area contributed by atoms with Crippen LogP contribution in [-0.2, 0) is 4.79 Å². The van der Waals surface area contributed by atoms with E-state index in [1.807, 2.05) is 0 Å². The predicted molar refractivity (Wildman–Crippen MR) is 96.8 cm³/mol. The smallest absolute Gasteiger partial charge is 0.269 e. The first-order chi connectivity index (χ1) is 12.9. The third kappa shape index (κ3) is 4.46. The summed E-state index contributed by atoms with van der Waals surface area (Å²) in [5.41, 5.74) is 0.876. The largest absolute Gasteiger partial charge is 0.339 e. The van der Waals surface area contributed by atoms with Crippen LogP contribution in [0.3, 0.4) is 0 Å². The van der Waals surface area contributed by atoms with Crippen molar-refractivity contribution in [3.8, 4) is 0 Å². The predicted octanol–water partition coefficient (Wildman–Crippen LogP) is 3.22. The zero-order chi connectivity index (χ0) is 19.4. The van der Waals surface area contributed by atoms with Crippen LogP contribution in [0.25, 0.3) is 0 Å². The summed E-state index contributed by atoms with van der Waals surface area (Å²) in [5, 5.41) is 13.4. The molecule has 2 amide bonds. The lowest BCUT2D eigenvalue weighted by Gasteiger charge is -2.31. The van der Waals surface area contributed by atoms with E-state index in [0.717, 1.165) is 0 Å². The van der Waals surface area contributed by atoms with Gasteiger partial charge in [0.25, 0.3) is 11.6 Å². The van der Waals surface area contributed by atoms with Crippen molar-refractivity contribution >= 4 is 23.2 Å². The molecule has 3 rings (SSSR count). The molecule has 140 valence electrons. The second-order valence-electron chi connectivity index (χ2n) is 6.37. The fraction of sp³-hybridized carbons (Fsp3) is 0.263. The molecule has 0 radical (unpaired) electrons. The van der Waals surface area contributed by atoms with E-state index in [9.17, 15) is 24.1 Å². The Morgan fingerprint density at radius 2 is 1.63 bits per heavy atom. The van der Waals surface area contributed by atoms with Gasteiger partial charge >= 0.3 is 0 Å². The number of halogens is 1. The van der Waals surface area contributed by atoms with E-state index in [-0.39, 0.29) is 23.4 Å². The van der Waals surface area contributed by atoms with Gasteiger partial charge in [-0.2, -0.15) is 0 Å². The van der Waals surface area contributed by atoms with Gasteiger partial charge in [0.1, 0.15) is 5.82 Å². The highest BCUT2D eigenvalue weighted by molar-refractivity contribution is 5.95. The number of hydrogen-bond donors (Lipinski definition) is 1. The van der Waals surface area contributed by atoms with E-state index in [1.165, 1.54) is 48.5 Å². The van der Waals surface area contributed by atoms with Crippen molar-refractivity contribution in [2.45, 2.75) is 12.8 Å². The highest BCUT2D eigenvalue weighted by atomic mass is 19.1. The zero-order valence-electron chi connectivity index (χ0n) is 14.4. The van der Waals surface area contributed by atoms with E-state index in [2.05, 4.69) is 5.32 Å². The van der Waals surface area contributed by atoms with Gasteiger partial charge in [-0.05, 0) is 49.2 Å². The normalized spacial score (nSPS) is 14.6. The van der Waals surface area contributed by atoms with Crippen LogP contribution >= 0.6 is 0 Å². The lowest BCUT2D eigenvalue weighted by Crippen LogP contribution is -2.41. The molecular formula is C19H18FN3O4. The molecule has 8 heteroatoms. The lowest BCUT2D eigenvalue weighted by molar-refractivity contribution is -0.384. The number of carbonyl (C=O) groups is 2. The van der Waals surface area contributed by atoms with Gasteiger partial charge in [0.2, 0.25) is 5.91 Å². The van der Waals surface area contributed by atoms with Gasteiger partial charge in [-0.25, -0.2) is 4.39 Å². The Morgan fingerprint density at radius 3 is 2.19 bits per heavy atom. The summed E-state index contributed by atoms with van der Waals surface area (Å²) in [6, 6.07) is 11.0. The number of non-ortho nitro benzene ring substituents is 1. The second kappa shape index (κ2) is 7.94. The van der Waals surface area contributed by atoms with Gasteiger partial charge in [-0.15, -0.1) is 0 Å². The molecule has 0 aromatic heterocycles. The van der Waals surface area contributed by atoms with Gasteiger partial charge in [0.15, 0.2) is 0 Å². The van der Waals surface area contributed by atoms with Crippen molar-refractivity contribution in [2.75, 3.05) is 18.4 Å². The first-order valence-corrected chi connectivity index (χ1v) is 8.54. The molecule has 1 saturated heterocycles. The molecule has 1 aliphatic rings. The number of nitrogens with one attached hydrogen (secondary N) is 1. The summed E-state index contributed by atoms with van der Waals surface area (Å²) >= 11 is 0.